The predicted octanol–water partition coefficient (Wildman–Crippen LogP) is 3.31. The second-order valence-electron chi connectivity index (χ2n) is 4.37. The number of nitrogens with two attached hydrogens (primary N) is 1. The number of hydrogen-bond acceptors (Lipinski definition) is 3. The van der Waals surface area contributed by atoms with Crippen molar-refractivity contribution in [1.29, 1.82) is 0 Å². The molecule has 0 bridgehead atoms. The molecule has 2 aromatic heterocycles. The Morgan fingerprint density at radius 3 is 2.94 bits per heavy atom. The largest absolute Gasteiger partial charge is 0.382 e. The Bertz CT molecular complexity index is 443. The molecule has 3 nitrogen and oxygen atoms in total. The van der Waals surface area contributed by atoms with Gasteiger partial charge in [0.1, 0.15) is 0 Å². The Hall–Kier alpha value is -1.29. The molecule has 0 unspecified atom stereocenters. The van der Waals surface area contributed by atoms with Gasteiger partial charge < -0.3 is 5.73 Å². The van der Waals surface area contributed by atoms with Crippen LogP contribution >= 0.6 is 11.3 Å². The maximum Gasteiger partial charge on any atom is 0.154 e. The van der Waals surface area contributed by atoms with Gasteiger partial charge in [0.25, 0.3) is 0 Å². The van der Waals surface area contributed by atoms with Crippen LogP contribution in [0.4, 0.5) is 5.82 Å². The van der Waals surface area contributed by atoms with Crippen molar-refractivity contribution in [1.82, 2.24) is 10.2 Å². The number of hydrogen-bond donors (Lipinski definition) is 2. The van der Waals surface area contributed by atoms with Gasteiger partial charge in [-0.2, -0.15) is 5.10 Å². The molecular formula is C12H17N3S. The topological polar surface area (TPSA) is 54.7 Å². The summed E-state index contributed by atoms with van der Waals surface area (Å²) in [5.74, 6) is 1.31. The SMILES string of the molecule is CC(C)CCc1[nH]nc(N)c1-c1cccs1. The van der Waals surface area contributed by atoms with Crippen molar-refractivity contribution in [2.45, 2.75) is 26.7 Å². The molecule has 2 aromatic rings. The summed E-state index contributed by atoms with van der Waals surface area (Å²) in [5, 5.41) is 9.22. The minimum atomic E-state index is 0.612. The summed E-state index contributed by atoms with van der Waals surface area (Å²) in [7, 11) is 0. The normalized spacial score (nSPS) is 11.2. The van der Waals surface area contributed by atoms with Crippen LogP contribution in [0.5, 0.6) is 0 Å². The summed E-state index contributed by atoms with van der Waals surface area (Å²) in [4.78, 5) is 1.20. The highest BCUT2D eigenvalue weighted by Gasteiger charge is 2.13. The van der Waals surface area contributed by atoms with Gasteiger partial charge >= 0.3 is 0 Å². The van der Waals surface area contributed by atoms with Crippen molar-refractivity contribution < 1.29 is 0 Å². The zero-order valence-corrected chi connectivity index (χ0v) is 10.5. The zero-order valence-electron chi connectivity index (χ0n) is 9.66. The molecule has 0 amide bonds. The standard InChI is InChI=1S/C12H17N3S/c1-8(2)5-6-9-11(12(13)15-14-9)10-4-3-7-16-10/h3-4,7-8H,5-6H2,1-2H3,(H3,13,14,15). The van der Waals surface area contributed by atoms with Crippen molar-refractivity contribution in [2.75, 3.05) is 5.73 Å². The van der Waals surface area contributed by atoms with Gasteiger partial charge in [-0.05, 0) is 30.2 Å². The van der Waals surface area contributed by atoms with E-state index in [1.807, 2.05) is 6.07 Å². The molecule has 16 heavy (non-hydrogen) atoms. The number of aryl methyl sites for hydroxylation is 1. The molecule has 0 fully saturated rings. The molecule has 0 spiro atoms. The first kappa shape index (κ1) is 11.2. The Morgan fingerprint density at radius 1 is 1.50 bits per heavy atom. The summed E-state index contributed by atoms with van der Waals surface area (Å²) in [5.41, 5.74) is 8.16. The fourth-order valence-corrected chi connectivity index (χ4v) is 2.51. The van der Waals surface area contributed by atoms with Crippen LogP contribution in [0, 0.1) is 5.92 Å². The van der Waals surface area contributed by atoms with Gasteiger partial charge in [0, 0.05) is 10.6 Å². The van der Waals surface area contributed by atoms with Gasteiger partial charge in [-0.15, -0.1) is 11.3 Å². The fraction of sp³-hybridized carbons (Fsp3) is 0.417. The molecule has 0 radical (unpaired) electrons. The van der Waals surface area contributed by atoms with Crippen molar-refractivity contribution in [3.8, 4) is 10.4 Å². The molecule has 3 N–H and O–H groups in total. The fourth-order valence-electron chi connectivity index (χ4n) is 1.70. The lowest BCUT2D eigenvalue weighted by Crippen LogP contribution is -1.94. The number of nitrogens with one attached hydrogen (secondary N) is 1. The number of thiophene rings is 1. The number of anilines is 1. The molecule has 0 aliphatic carbocycles. The lowest BCUT2D eigenvalue weighted by atomic mass is 10.0. The Labute approximate surface area is 99.7 Å². The summed E-state index contributed by atoms with van der Waals surface area (Å²) >= 11 is 1.70. The van der Waals surface area contributed by atoms with Crippen molar-refractivity contribution in [2.24, 2.45) is 5.92 Å². The monoisotopic (exact) mass is 235 g/mol. The molecule has 2 rings (SSSR count). The molecule has 2 heterocycles. The predicted molar refractivity (Wildman–Crippen MR) is 69.5 cm³/mol. The van der Waals surface area contributed by atoms with Crippen LogP contribution in [0.15, 0.2) is 17.5 Å². The molecule has 86 valence electrons. The highest BCUT2D eigenvalue weighted by atomic mass is 32.1. The van der Waals surface area contributed by atoms with E-state index in [1.54, 1.807) is 11.3 Å². The minimum Gasteiger partial charge on any atom is -0.382 e. The van der Waals surface area contributed by atoms with Crippen LogP contribution in [-0.2, 0) is 6.42 Å². The smallest absolute Gasteiger partial charge is 0.154 e. The van der Waals surface area contributed by atoms with E-state index in [9.17, 15) is 0 Å². The van der Waals surface area contributed by atoms with Gasteiger partial charge in [0.15, 0.2) is 5.82 Å². The summed E-state index contributed by atoms with van der Waals surface area (Å²) in [6.07, 6.45) is 2.16. The lowest BCUT2D eigenvalue weighted by Gasteiger charge is -2.04. The van der Waals surface area contributed by atoms with Gasteiger partial charge in [-0.3, -0.25) is 5.10 Å². The van der Waals surface area contributed by atoms with E-state index in [-0.39, 0.29) is 0 Å². The first-order valence-corrected chi connectivity index (χ1v) is 6.43. The van der Waals surface area contributed by atoms with Crippen LogP contribution in [-0.4, -0.2) is 10.2 Å². The quantitative estimate of drug-likeness (QED) is 0.854. The molecule has 0 atom stereocenters. The van der Waals surface area contributed by atoms with Crippen LogP contribution in [0.1, 0.15) is 26.0 Å². The average molecular weight is 235 g/mol. The Morgan fingerprint density at radius 2 is 2.31 bits per heavy atom. The molecule has 0 aliphatic heterocycles. The second-order valence-corrected chi connectivity index (χ2v) is 5.32. The van der Waals surface area contributed by atoms with Crippen LogP contribution in [0.3, 0.4) is 0 Å². The third-order valence-electron chi connectivity index (χ3n) is 2.61. The van der Waals surface area contributed by atoms with Crippen LogP contribution in [0.2, 0.25) is 0 Å². The number of nitrogen functional groups attached to an aromatic ring is 1. The maximum absolute atomic E-state index is 5.90. The molecular weight excluding hydrogens is 218 g/mol. The number of aromatic amines is 1. The van der Waals surface area contributed by atoms with Crippen molar-refractivity contribution >= 4 is 17.2 Å². The van der Waals surface area contributed by atoms with E-state index in [0.717, 1.165) is 24.1 Å². The summed E-state index contributed by atoms with van der Waals surface area (Å²) < 4.78 is 0. The van der Waals surface area contributed by atoms with Crippen LogP contribution in [0.25, 0.3) is 10.4 Å². The minimum absolute atomic E-state index is 0.612. The van der Waals surface area contributed by atoms with Gasteiger partial charge in [-0.25, -0.2) is 0 Å². The number of rotatable bonds is 4. The summed E-state index contributed by atoms with van der Waals surface area (Å²) in [6.45, 7) is 4.45. The Kier molecular flexibility index (Phi) is 3.29. The molecule has 4 heteroatoms. The van der Waals surface area contributed by atoms with E-state index in [4.69, 9.17) is 5.73 Å². The first-order chi connectivity index (χ1) is 7.68. The third kappa shape index (κ3) is 2.27. The highest BCUT2D eigenvalue weighted by molar-refractivity contribution is 7.13. The van der Waals surface area contributed by atoms with Crippen LogP contribution < -0.4 is 5.73 Å². The lowest BCUT2D eigenvalue weighted by molar-refractivity contribution is 0.581. The molecule has 0 saturated carbocycles. The second kappa shape index (κ2) is 4.70. The van der Waals surface area contributed by atoms with Gasteiger partial charge in [0.2, 0.25) is 0 Å². The van der Waals surface area contributed by atoms with E-state index in [2.05, 4.69) is 35.5 Å². The zero-order chi connectivity index (χ0) is 11.5. The van der Waals surface area contributed by atoms with E-state index in [0.29, 0.717) is 11.7 Å². The van der Waals surface area contributed by atoms with E-state index in [1.165, 1.54) is 4.88 Å². The number of H-pyrrole nitrogens is 1. The first-order valence-electron chi connectivity index (χ1n) is 5.55. The Balaban J connectivity index is 2.26. The van der Waals surface area contributed by atoms with Crippen molar-refractivity contribution in [3.05, 3.63) is 23.2 Å². The van der Waals surface area contributed by atoms with E-state index >= 15 is 0 Å². The molecule has 0 aromatic carbocycles. The van der Waals surface area contributed by atoms with Gasteiger partial charge in [0.05, 0.1) is 5.56 Å². The highest BCUT2D eigenvalue weighted by Crippen LogP contribution is 2.32. The van der Waals surface area contributed by atoms with E-state index < -0.39 is 0 Å². The van der Waals surface area contributed by atoms with Crippen molar-refractivity contribution in [3.63, 3.8) is 0 Å². The van der Waals surface area contributed by atoms with Gasteiger partial charge in [-0.1, -0.05) is 19.9 Å². The third-order valence-corrected chi connectivity index (χ3v) is 3.50. The average Bonchev–Trinajstić information content (AvgIpc) is 2.83. The number of aromatic nitrogens is 2. The summed E-state index contributed by atoms with van der Waals surface area (Å²) in [6, 6.07) is 4.13. The number of nitrogens with zero attached hydrogens (tertiary/aromatic N) is 1. The molecule has 0 aliphatic rings. The maximum atomic E-state index is 5.90. The molecule has 0 saturated heterocycles.